The quantitative estimate of drug-likeness (QED) is 0.742. The summed E-state index contributed by atoms with van der Waals surface area (Å²) in [5, 5.41) is 0. The monoisotopic (exact) mass is 363 g/mol. The summed E-state index contributed by atoms with van der Waals surface area (Å²) < 4.78 is 5.96. The Balaban J connectivity index is 0.00000208. The zero-order valence-corrected chi connectivity index (χ0v) is 15.6. The minimum Gasteiger partial charge on any atom is -0.492 e. The molecule has 0 bridgehead atoms. The van der Waals surface area contributed by atoms with Crippen LogP contribution in [0.2, 0.25) is 0 Å². The van der Waals surface area contributed by atoms with Crippen LogP contribution in [0.1, 0.15) is 27.9 Å². The predicted molar refractivity (Wildman–Crippen MR) is 102 cm³/mol. The molecular formula is C19H22ClNO2S. The molecule has 0 fully saturated rings. The van der Waals surface area contributed by atoms with Crippen molar-refractivity contribution in [1.82, 2.24) is 4.90 Å². The van der Waals surface area contributed by atoms with E-state index in [0.29, 0.717) is 6.61 Å². The zero-order chi connectivity index (χ0) is 16.2. The number of carbonyl (C=O) groups is 1. The maximum absolute atomic E-state index is 12.8. The molecule has 128 valence electrons. The van der Waals surface area contributed by atoms with E-state index < -0.39 is 0 Å². The van der Waals surface area contributed by atoms with Gasteiger partial charge in [0.25, 0.3) is 0 Å². The normalized spacial score (nSPS) is 12.9. The molecule has 2 aromatic rings. The van der Waals surface area contributed by atoms with Gasteiger partial charge in [-0.1, -0.05) is 30.3 Å². The molecule has 0 atom stereocenters. The number of halogens is 1. The largest absolute Gasteiger partial charge is 0.492 e. The average molecular weight is 364 g/mol. The van der Waals surface area contributed by atoms with Crippen LogP contribution in [-0.4, -0.2) is 37.9 Å². The van der Waals surface area contributed by atoms with Crippen LogP contribution < -0.4 is 4.74 Å². The maximum Gasteiger partial charge on any atom is 0.194 e. The molecule has 0 spiro atoms. The molecule has 24 heavy (non-hydrogen) atoms. The van der Waals surface area contributed by atoms with Crippen molar-refractivity contribution in [2.75, 3.05) is 27.2 Å². The molecule has 0 saturated carbocycles. The second kappa shape index (κ2) is 8.56. The van der Waals surface area contributed by atoms with E-state index in [1.165, 1.54) is 0 Å². The summed E-state index contributed by atoms with van der Waals surface area (Å²) in [7, 11) is 4.11. The van der Waals surface area contributed by atoms with Crippen molar-refractivity contribution >= 4 is 30.0 Å². The summed E-state index contributed by atoms with van der Waals surface area (Å²) >= 11 is 1.69. The lowest BCUT2D eigenvalue weighted by Crippen LogP contribution is -2.15. The molecule has 1 aliphatic heterocycles. The van der Waals surface area contributed by atoms with E-state index in [1.807, 2.05) is 42.5 Å². The Hall–Kier alpha value is -1.49. The Labute approximate surface area is 153 Å². The minimum atomic E-state index is 0. The fraction of sp³-hybridized carbons (Fsp3) is 0.316. The van der Waals surface area contributed by atoms with Crippen LogP contribution in [0.4, 0.5) is 0 Å². The third kappa shape index (κ3) is 4.12. The van der Waals surface area contributed by atoms with Crippen molar-refractivity contribution in [2.45, 2.75) is 17.1 Å². The van der Waals surface area contributed by atoms with Gasteiger partial charge in [-0.2, -0.15) is 0 Å². The molecule has 0 aromatic heterocycles. The number of nitrogens with zero attached hydrogens (tertiary/aromatic N) is 1. The third-order valence-electron chi connectivity index (χ3n) is 3.86. The topological polar surface area (TPSA) is 29.5 Å². The van der Waals surface area contributed by atoms with Crippen LogP contribution in [0, 0.1) is 0 Å². The van der Waals surface area contributed by atoms with E-state index in [0.717, 1.165) is 46.1 Å². The number of ether oxygens (including phenoxy) is 1. The highest BCUT2D eigenvalue weighted by Gasteiger charge is 2.23. The van der Waals surface area contributed by atoms with Gasteiger partial charge in [-0.25, -0.2) is 0 Å². The van der Waals surface area contributed by atoms with Crippen LogP contribution in [-0.2, 0) is 5.75 Å². The van der Waals surface area contributed by atoms with Gasteiger partial charge < -0.3 is 9.64 Å². The lowest BCUT2D eigenvalue weighted by Gasteiger charge is -2.14. The van der Waals surface area contributed by atoms with Crippen LogP contribution in [0.25, 0.3) is 0 Å². The molecule has 2 aromatic carbocycles. The van der Waals surface area contributed by atoms with Gasteiger partial charge in [0.1, 0.15) is 5.75 Å². The van der Waals surface area contributed by atoms with Crippen molar-refractivity contribution in [3.05, 3.63) is 59.2 Å². The van der Waals surface area contributed by atoms with Crippen molar-refractivity contribution < 1.29 is 9.53 Å². The van der Waals surface area contributed by atoms with Gasteiger partial charge in [0, 0.05) is 23.4 Å². The van der Waals surface area contributed by atoms with Gasteiger partial charge in [-0.15, -0.1) is 24.2 Å². The highest BCUT2D eigenvalue weighted by molar-refractivity contribution is 7.98. The highest BCUT2D eigenvalue weighted by atomic mass is 35.5. The summed E-state index contributed by atoms with van der Waals surface area (Å²) in [5.74, 6) is 1.72. The van der Waals surface area contributed by atoms with Gasteiger partial charge in [0.15, 0.2) is 5.78 Å². The van der Waals surface area contributed by atoms with E-state index in [4.69, 9.17) is 4.74 Å². The average Bonchev–Trinajstić information content (AvgIpc) is 2.70. The van der Waals surface area contributed by atoms with Gasteiger partial charge >= 0.3 is 0 Å². The number of benzene rings is 2. The first-order valence-electron chi connectivity index (χ1n) is 7.83. The van der Waals surface area contributed by atoms with E-state index in [-0.39, 0.29) is 18.2 Å². The molecule has 0 amide bonds. The molecule has 0 radical (unpaired) electrons. The summed E-state index contributed by atoms with van der Waals surface area (Å²) in [6.07, 6.45) is 0.968. The number of rotatable bonds is 5. The fourth-order valence-electron chi connectivity index (χ4n) is 2.68. The number of thioether (sulfide) groups is 1. The Morgan fingerprint density at radius 2 is 1.83 bits per heavy atom. The predicted octanol–water partition coefficient (Wildman–Crippen LogP) is 4.28. The molecule has 0 aliphatic carbocycles. The van der Waals surface area contributed by atoms with Crippen molar-refractivity contribution in [3.8, 4) is 5.75 Å². The molecule has 1 aliphatic rings. The number of hydrogen-bond acceptors (Lipinski definition) is 4. The third-order valence-corrected chi connectivity index (χ3v) is 5.03. The van der Waals surface area contributed by atoms with Crippen LogP contribution in [0.5, 0.6) is 5.75 Å². The molecule has 0 N–H and O–H groups in total. The van der Waals surface area contributed by atoms with Gasteiger partial charge in [-0.3, -0.25) is 4.79 Å². The van der Waals surface area contributed by atoms with Crippen LogP contribution >= 0.6 is 24.2 Å². The van der Waals surface area contributed by atoms with E-state index in [2.05, 4.69) is 19.0 Å². The summed E-state index contributed by atoms with van der Waals surface area (Å²) in [6, 6.07) is 13.6. The molecule has 0 saturated heterocycles. The van der Waals surface area contributed by atoms with Gasteiger partial charge in [0.05, 0.1) is 11.5 Å². The Bertz CT molecular complexity index is 718. The van der Waals surface area contributed by atoms with Crippen LogP contribution in [0.3, 0.4) is 0 Å². The second-order valence-corrected chi connectivity index (χ2v) is 6.90. The second-order valence-electron chi connectivity index (χ2n) is 5.91. The molecular weight excluding hydrogens is 342 g/mol. The first kappa shape index (κ1) is 18.8. The number of fused-ring (bicyclic) bond motifs is 2. The maximum atomic E-state index is 12.8. The Kier molecular flexibility index (Phi) is 6.72. The van der Waals surface area contributed by atoms with Crippen molar-refractivity contribution in [3.63, 3.8) is 0 Å². The summed E-state index contributed by atoms with van der Waals surface area (Å²) in [6.45, 7) is 1.66. The standard InChI is InChI=1S/C19H21NO2S.ClH/c1-20(2)11-6-12-22-17-10-5-9-16-18(21)15-8-4-3-7-14(15)13-23-19(16)17;/h3-5,7-10H,6,11-13H2,1-2H3;1H. The van der Waals surface area contributed by atoms with E-state index >= 15 is 0 Å². The lowest BCUT2D eigenvalue weighted by molar-refractivity contribution is 0.103. The van der Waals surface area contributed by atoms with Crippen molar-refractivity contribution in [1.29, 1.82) is 0 Å². The molecule has 1 heterocycles. The van der Waals surface area contributed by atoms with E-state index in [9.17, 15) is 4.79 Å². The number of hydrogen-bond donors (Lipinski definition) is 0. The molecule has 3 nitrogen and oxygen atoms in total. The molecule has 5 heteroatoms. The Morgan fingerprint density at radius 3 is 2.62 bits per heavy atom. The summed E-state index contributed by atoms with van der Waals surface area (Å²) in [5.41, 5.74) is 2.66. The molecule has 0 unspecified atom stereocenters. The summed E-state index contributed by atoms with van der Waals surface area (Å²) in [4.78, 5) is 15.9. The lowest BCUT2D eigenvalue weighted by atomic mass is 9.99. The Morgan fingerprint density at radius 1 is 1.08 bits per heavy atom. The fourth-order valence-corrected chi connectivity index (χ4v) is 3.82. The minimum absolute atomic E-state index is 0. The molecule has 3 rings (SSSR count). The van der Waals surface area contributed by atoms with Gasteiger partial charge in [0.2, 0.25) is 0 Å². The van der Waals surface area contributed by atoms with Gasteiger partial charge in [-0.05, 0) is 38.2 Å². The first-order valence-corrected chi connectivity index (χ1v) is 8.81. The SMILES string of the molecule is CN(C)CCCOc1cccc2c1SCc1ccccc1C2=O.Cl. The van der Waals surface area contributed by atoms with Crippen LogP contribution in [0.15, 0.2) is 47.4 Å². The zero-order valence-electron chi connectivity index (χ0n) is 14.0. The first-order chi connectivity index (χ1) is 11.2. The van der Waals surface area contributed by atoms with E-state index in [1.54, 1.807) is 11.8 Å². The smallest absolute Gasteiger partial charge is 0.194 e. The van der Waals surface area contributed by atoms with Crippen molar-refractivity contribution in [2.24, 2.45) is 0 Å². The number of ketones is 1. The highest BCUT2D eigenvalue weighted by Crippen LogP contribution is 2.39. The number of carbonyl (C=O) groups excluding carboxylic acids is 1.